The molecule has 2 N–H and O–H groups in total. The summed E-state index contributed by atoms with van der Waals surface area (Å²) in [6.07, 6.45) is 0.947. The van der Waals surface area contributed by atoms with Gasteiger partial charge in [-0.15, -0.1) is 0 Å². The molecule has 1 fully saturated rings. The molecule has 3 aromatic rings. The Hall–Kier alpha value is -2.72. The van der Waals surface area contributed by atoms with E-state index < -0.39 is 0 Å². The van der Waals surface area contributed by atoms with Crippen molar-refractivity contribution < 1.29 is 4.79 Å². The molecule has 4 rings (SSSR count). The lowest BCUT2D eigenvalue weighted by molar-refractivity contribution is 0.0779. The average molecular weight is 359 g/mol. The summed E-state index contributed by atoms with van der Waals surface area (Å²) >= 11 is 0. The van der Waals surface area contributed by atoms with E-state index in [1.807, 2.05) is 35.2 Å². The van der Waals surface area contributed by atoms with Gasteiger partial charge in [0.1, 0.15) is 0 Å². The van der Waals surface area contributed by atoms with Gasteiger partial charge in [0.2, 0.25) is 0 Å². The molecule has 1 aromatic heterocycles. The molecular weight excluding hydrogens is 334 g/mol. The molecule has 4 heteroatoms. The van der Waals surface area contributed by atoms with Gasteiger partial charge in [-0.25, -0.2) is 4.98 Å². The number of hydrogen-bond donors (Lipinski definition) is 1. The number of para-hydroxylation sites is 1. The Kier molecular flexibility index (Phi) is 4.44. The zero-order chi connectivity index (χ0) is 19.0. The lowest BCUT2D eigenvalue weighted by Gasteiger charge is -2.23. The van der Waals surface area contributed by atoms with Crippen molar-refractivity contribution in [2.45, 2.75) is 20.3 Å². The number of pyridine rings is 1. The summed E-state index contributed by atoms with van der Waals surface area (Å²) in [5.41, 5.74) is 10.6. The summed E-state index contributed by atoms with van der Waals surface area (Å²) in [6.45, 7) is 6.28. The first-order valence-electron chi connectivity index (χ1n) is 9.45. The molecule has 0 bridgehead atoms. The summed E-state index contributed by atoms with van der Waals surface area (Å²) in [5.74, 6) is 0.0686. The highest BCUT2D eigenvalue weighted by atomic mass is 16.2. The standard InChI is InChI=1S/C23H25N3O/c1-16-7-9-17(10-8-16)21-13-19(18-5-3-4-6-20(18)25-21)22(27)26-12-11-23(2,14-24)15-26/h3-10,13H,11-12,14-15,24H2,1-2H3. The molecule has 2 aromatic carbocycles. The third kappa shape index (κ3) is 3.33. The van der Waals surface area contributed by atoms with Gasteiger partial charge in [0.25, 0.3) is 5.91 Å². The van der Waals surface area contributed by atoms with Crippen molar-refractivity contribution in [1.82, 2.24) is 9.88 Å². The molecule has 1 aliphatic rings. The van der Waals surface area contributed by atoms with Gasteiger partial charge in [-0.1, -0.05) is 55.0 Å². The Morgan fingerprint density at radius 2 is 1.93 bits per heavy atom. The van der Waals surface area contributed by atoms with Crippen LogP contribution in [0.3, 0.4) is 0 Å². The minimum atomic E-state index is 0.0122. The maximum Gasteiger partial charge on any atom is 0.254 e. The van der Waals surface area contributed by atoms with E-state index in [1.54, 1.807) is 0 Å². The van der Waals surface area contributed by atoms with Gasteiger partial charge in [-0.05, 0) is 37.4 Å². The molecule has 27 heavy (non-hydrogen) atoms. The first-order valence-corrected chi connectivity index (χ1v) is 9.45. The van der Waals surface area contributed by atoms with Crippen LogP contribution in [0, 0.1) is 12.3 Å². The summed E-state index contributed by atoms with van der Waals surface area (Å²) < 4.78 is 0. The fourth-order valence-electron chi connectivity index (χ4n) is 3.76. The van der Waals surface area contributed by atoms with E-state index in [4.69, 9.17) is 10.7 Å². The number of fused-ring (bicyclic) bond motifs is 1. The molecule has 0 aliphatic carbocycles. The second-order valence-electron chi connectivity index (χ2n) is 7.93. The van der Waals surface area contributed by atoms with Crippen molar-refractivity contribution in [3.8, 4) is 11.3 Å². The molecular formula is C23H25N3O. The maximum absolute atomic E-state index is 13.4. The smallest absolute Gasteiger partial charge is 0.254 e. The number of hydrogen-bond acceptors (Lipinski definition) is 3. The molecule has 1 amide bonds. The van der Waals surface area contributed by atoms with Crippen LogP contribution in [0.15, 0.2) is 54.6 Å². The Bertz CT molecular complexity index is 996. The summed E-state index contributed by atoms with van der Waals surface area (Å²) in [6, 6.07) is 18.1. The molecule has 2 heterocycles. The van der Waals surface area contributed by atoms with Gasteiger partial charge in [-0.3, -0.25) is 4.79 Å². The third-order valence-electron chi connectivity index (χ3n) is 5.63. The van der Waals surface area contributed by atoms with E-state index in [-0.39, 0.29) is 11.3 Å². The van der Waals surface area contributed by atoms with Crippen LogP contribution in [-0.4, -0.2) is 35.4 Å². The van der Waals surface area contributed by atoms with E-state index in [0.29, 0.717) is 13.1 Å². The van der Waals surface area contributed by atoms with Crippen molar-refractivity contribution >= 4 is 16.8 Å². The van der Waals surface area contributed by atoms with Crippen molar-refractivity contribution in [2.24, 2.45) is 11.1 Å². The molecule has 0 radical (unpaired) electrons. The molecule has 0 saturated carbocycles. The first kappa shape index (κ1) is 17.7. The van der Waals surface area contributed by atoms with E-state index >= 15 is 0 Å². The number of aromatic nitrogens is 1. The molecule has 4 nitrogen and oxygen atoms in total. The summed E-state index contributed by atoms with van der Waals surface area (Å²) in [7, 11) is 0. The minimum Gasteiger partial charge on any atom is -0.338 e. The van der Waals surface area contributed by atoms with E-state index in [2.05, 4.69) is 38.1 Å². The quantitative estimate of drug-likeness (QED) is 0.768. The van der Waals surface area contributed by atoms with Crippen LogP contribution >= 0.6 is 0 Å². The maximum atomic E-state index is 13.4. The SMILES string of the molecule is Cc1ccc(-c2cc(C(=O)N3CCC(C)(CN)C3)c3ccccc3n2)cc1. The molecule has 0 spiro atoms. The largest absolute Gasteiger partial charge is 0.338 e. The number of benzene rings is 2. The van der Waals surface area contributed by atoms with Gasteiger partial charge in [0.15, 0.2) is 0 Å². The normalized spacial score (nSPS) is 19.6. The number of nitrogens with two attached hydrogens (primary N) is 1. The second-order valence-corrected chi connectivity index (χ2v) is 7.93. The highest BCUT2D eigenvalue weighted by Gasteiger charge is 2.35. The van der Waals surface area contributed by atoms with Crippen molar-refractivity contribution in [3.05, 3.63) is 65.7 Å². The highest BCUT2D eigenvalue weighted by molar-refractivity contribution is 6.07. The van der Waals surface area contributed by atoms with Gasteiger partial charge in [0, 0.05) is 24.0 Å². The Balaban J connectivity index is 1.79. The number of nitrogens with zero attached hydrogens (tertiary/aromatic N) is 2. The third-order valence-corrected chi connectivity index (χ3v) is 5.63. The summed E-state index contributed by atoms with van der Waals surface area (Å²) in [5, 5.41) is 0.903. The number of rotatable bonds is 3. The van der Waals surface area contributed by atoms with E-state index in [0.717, 1.165) is 40.7 Å². The molecule has 138 valence electrons. The monoisotopic (exact) mass is 359 g/mol. The number of carbonyl (C=O) groups excluding carboxylic acids is 1. The van der Waals surface area contributed by atoms with E-state index in [9.17, 15) is 4.79 Å². The average Bonchev–Trinajstić information content (AvgIpc) is 3.10. The van der Waals surface area contributed by atoms with Crippen LogP contribution in [0.5, 0.6) is 0 Å². The Morgan fingerprint density at radius 3 is 2.63 bits per heavy atom. The summed E-state index contributed by atoms with van der Waals surface area (Å²) in [4.78, 5) is 20.1. The van der Waals surface area contributed by atoms with Gasteiger partial charge in [-0.2, -0.15) is 0 Å². The topological polar surface area (TPSA) is 59.2 Å². The Morgan fingerprint density at radius 1 is 1.19 bits per heavy atom. The second kappa shape index (κ2) is 6.78. The van der Waals surface area contributed by atoms with Crippen molar-refractivity contribution in [2.75, 3.05) is 19.6 Å². The highest BCUT2D eigenvalue weighted by Crippen LogP contribution is 2.32. The van der Waals surface area contributed by atoms with Crippen LogP contribution < -0.4 is 5.73 Å². The van der Waals surface area contributed by atoms with Crippen LogP contribution in [-0.2, 0) is 0 Å². The fraction of sp³-hybridized carbons (Fsp3) is 0.304. The van der Waals surface area contributed by atoms with Crippen LogP contribution in [0.4, 0.5) is 0 Å². The minimum absolute atomic E-state index is 0.0122. The molecule has 1 aliphatic heterocycles. The number of aryl methyl sites for hydroxylation is 1. The van der Waals surface area contributed by atoms with Crippen LogP contribution in [0.1, 0.15) is 29.3 Å². The molecule has 1 saturated heterocycles. The fourth-order valence-corrected chi connectivity index (χ4v) is 3.76. The van der Waals surface area contributed by atoms with Gasteiger partial charge in [0.05, 0.1) is 16.8 Å². The lowest BCUT2D eigenvalue weighted by Crippen LogP contribution is -2.34. The van der Waals surface area contributed by atoms with Crippen LogP contribution in [0.25, 0.3) is 22.2 Å². The number of amides is 1. The zero-order valence-corrected chi connectivity index (χ0v) is 15.9. The zero-order valence-electron chi connectivity index (χ0n) is 15.9. The lowest BCUT2D eigenvalue weighted by atomic mass is 9.90. The number of carbonyl (C=O) groups is 1. The number of likely N-dealkylation sites (tertiary alicyclic amines) is 1. The predicted octanol–water partition coefficient (Wildman–Crippen LogP) is 4.02. The molecule has 1 unspecified atom stereocenters. The molecule has 1 atom stereocenters. The first-order chi connectivity index (χ1) is 13.0. The Labute approximate surface area is 160 Å². The van der Waals surface area contributed by atoms with Gasteiger partial charge >= 0.3 is 0 Å². The van der Waals surface area contributed by atoms with Crippen LogP contribution in [0.2, 0.25) is 0 Å². The van der Waals surface area contributed by atoms with Crippen molar-refractivity contribution in [3.63, 3.8) is 0 Å². The van der Waals surface area contributed by atoms with Gasteiger partial charge < -0.3 is 10.6 Å². The van der Waals surface area contributed by atoms with Crippen molar-refractivity contribution in [1.29, 1.82) is 0 Å². The van der Waals surface area contributed by atoms with E-state index in [1.165, 1.54) is 5.56 Å². The predicted molar refractivity (Wildman–Crippen MR) is 110 cm³/mol.